The van der Waals surface area contributed by atoms with Crippen LogP contribution >= 0.6 is 0 Å². The van der Waals surface area contributed by atoms with E-state index in [1.165, 1.54) is 24.3 Å². The van der Waals surface area contributed by atoms with Gasteiger partial charge in [-0.15, -0.1) is 0 Å². The topological polar surface area (TPSA) is 80.9 Å². The molecule has 0 spiro atoms. The summed E-state index contributed by atoms with van der Waals surface area (Å²) in [5.74, 6) is -0.961. The zero-order valence-electron chi connectivity index (χ0n) is 11.2. The number of imidazole rings is 1. The van der Waals surface area contributed by atoms with Gasteiger partial charge in [0.05, 0.1) is 11.0 Å². The molecular weight excluding hydrogens is 273 g/mol. The predicted octanol–water partition coefficient (Wildman–Crippen LogP) is 2.05. The number of aromatic nitrogens is 2. The number of carbonyl (C=O) groups excluding carboxylic acids is 1. The van der Waals surface area contributed by atoms with Crippen LogP contribution in [0.2, 0.25) is 0 Å². The van der Waals surface area contributed by atoms with E-state index in [0.29, 0.717) is 16.7 Å². The SMILES string of the molecule is Cc1cc2c(cc1N)[nH]c(=O)n2C(=O)c1ccc(F)cc1. The number of benzene rings is 2. The Morgan fingerprint density at radius 3 is 2.57 bits per heavy atom. The molecule has 5 nitrogen and oxygen atoms in total. The molecule has 0 aliphatic rings. The molecule has 0 atom stereocenters. The lowest BCUT2D eigenvalue weighted by Gasteiger charge is -2.04. The molecule has 0 fully saturated rings. The van der Waals surface area contributed by atoms with Gasteiger partial charge < -0.3 is 10.7 Å². The second-order valence-electron chi connectivity index (χ2n) is 4.80. The highest BCUT2D eigenvalue weighted by Crippen LogP contribution is 2.19. The molecular formula is C15H12FN3O2. The first-order chi connectivity index (χ1) is 9.97. The average Bonchev–Trinajstić information content (AvgIpc) is 2.75. The summed E-state index contributed by atoms with van der Waals surface area (Å²) in [6, 6.07) is 8.32. The maximum Gasteiger partial charge on any atom is 0.333 e. The van der Waals surface area contributed by atoms with Crippen molar-refractivity contribution in [3.8, 4) is 0 Å². The van der Waals surface area contributed by atoms with E-state index < -0.39 is 17.4 Å². The van der Waals surface area contributed by atoms with Crippen molar-refractivity contribution in [3.63, 3.8) is 0 Å². The Kier molecular flexibility index (Phi) is 2.86. The van der Waals surface area contributed by atoms with Gasteiger partial charge in [-0.05, 0) is 48.9 Å². The molecule has 0 bridgehead atoms. The van der Waals surface area contributed by atoms with Crippen LogP contribution in [0, 0.1) is 12.7 Å². The standard InChI is InChI=1S/C15H12FN3O2/c1-8-6-13-12(7-11(8)17)18-15(21)19(13)14(20)9-2-4-10(16)5-3-9/h2-7H,17H2,1H3,(H,18,21). The Bertz CT molecular complexity index is 907. The van der Waals surface area contributed by atoms with E-state index in [1.807, 2.05) is 0 Å². The monoisotopic (exact) mass is 285 g/mol. The third kappa shape index (κ3) is 2.10. The lowest BCUT2D eigenvalue weighted by molar-refractivity contribution is 0.0961. The molecule has 1 aromatic heterocycles. The first-order valence-electron chi connectivity index (χ1n) is 6.28. The minimum absolute atomic E-state index is 0.230. The van der Waals surface area contributed by atoms with E-state index in [4.69, 9.17) is 5.73 Å². The van der Waals surface area contributed by atoms with E-state index in [1.54, 1.807) is 19.1 Å². The predicted molar refractivity (Wildman–Crippen MR) is 77.8 cm³/mol. The lowest BCUT2D eigenvalue weighted by atomic mass is 10.1. The van der Waals surface area contributed by atoms with Crippen LogP contribution in [0.3, 0.4) is 0 Å². The highest BCUT2D eigenvalue weighted by atomic mass is 19.1. The first kappa shape index (κ1) is 13.1. The third-order valence-electron chi connectivity index (χ3n) is 3.36. The molecule has 0 aliphatic carbocycles. The van der Waals surface area contributed by atoms with E-state index in [-0.39, 0.29) is 5.56 Å². The van der Waals surface area contributed by atoms with E-state index in [0.717, 1.165) is 10.1 Å². The molecule has 106 valence electrons. The minimum Gasteiger partial charge on any atom is -0.398 e. The number of aromatic amines is 1. The summed E-state index contributed by atoms with van der Waals surface area (Å²) in [5.41, 5.74) is 7.70. The van der Waals surface area contributed by atoms with Gasteiger partial charge in [0.25, 0.3) is 5.91 Å². The fraction of sp³-hybridized carbons (Fsp3) is 0.0667. The fourth-order valence-electron chi connectivity index (χ4n) is 2.20. The number of halogens is 1. The molecule has 0 aliphatic heterocycles. The normalized spacial score (nSPS) is 11.0. The fourth-order valence-corrected chi connectivity index (χ4v) is 2.20. The van der Waals surface area contributed by atoms with Gasteiger partial charge in [0.1, 0.15) is 5.82 Å². The van der Waals surface area contributed by atoms with Crippen molar-refractivity contribution in [2.24, 2.45) is 0 Å². The Morgan fingerprint density at radius 2 is 1.90 bits per heavy atom. The van der Waals surface area contributed by atoms with Crippen LogP contribution in [0.5, 0.6) is 0 Å². The number of nitrogens with two attached hydrogens (primary N) is 1. The molecule has 0 amide bonds. The number of nitrogens with one attached hydrogen (secondary N) is 1. The molecule has 6 heteroatoms. The number of fused-ring (bicyclic) bond motifs is 1. The third-order valence-corrected chi connectivity index (χ3v) is 3.36. The molecule has 0 unspecified atom stereocenters. The van der Waals surface area contributed by atoms with Crippen LogP contribution in [0.4, 0.5) is 10.1 Å². The van der Waals surface area contributed by atoms with Crippen molar-refractivity contribution >= 4 is 22.6 Å². The highest BCUT2D eigenvalue weighted by molar-refractivity contribution is 6.01. The van der Waals surface area contributed by atoms with Gasteiger partial charge in [0.15, 0.2) is 0 Å². The van der Waals surface area contributed by atoms with Crippen LogP contribution in [-0.2, 0) is 0 Å². The number of rotatable bonds is 1. The molecule has 21 heavy (non-hydrogen) atoms. The van der Waals surface area contributed by atoms with Crippen LogP contribution < -0.4 is 11.4 Å². The average molecular weight is 285 g/mol. The largest absolute Gasteiger partial charge is 0.398 e. The number of nitrogens with zero attached hydrogens (tertiary/aromatic N) is 1. The van der Waals surface area contributed by atoms with Gasteiger partial charge >= 0.3 is 5.69 Å². The Labute approximate surface area is 118 Å². The number of hydrogen-bond donors (Lipinski definition) is 2. The molecule has 3 N–H and O–H groups in total. The number of anilines is 1. The number of nitrogen functional groups attached to an aromatic ring is 1. The van der Waals surface area contributed by atoms with Crippen molar-refractivity contribution in [3.05, 3.63) is 63.8 Å². The van der Waals surface area contributed by atoms with Crippen LogP contribution in [-0.4, -0.2) is 15.5 Å². The first-order valence-corrected chi connectivity index (χ1v) is 6.28. The summed E-state index contributed by atoms with van der Waals surface area (Å²) in [6.07, 6.45) is 0. The molecule has 1 heterocycles. The van der Waals surface area contributed by atoms with E-state index >= 15 is 0 Å². The van der Waals surface area contributed by atoms with Crippen LogP contribution in [0.25, 0.3) is 11.0 Å². The maximum atomic E-state index is 12.9. The number of carbonyl (C=O) groups is 1. The van der Waals surface area contributed by atoms with Gasteiger partial charge in [-0.25, -0.2) is 13.8 Å². The Morgan fingerprint density at radius 1 is 1.24 bits per heavy atom. The number of H-pyrrole nitrogens is 1. The Hall–Kier alpha value is -2.89. The van der Waals surface area contributed by atoms with Crippen molar-refractivity contribution in [2.45, 2.75) is 6.92 Å². The van der Waals surface area contributed by atoms with Gasteiger partial charge in [-0.2, -0.15) is 0 Å². The molecule has 3 aromatic rings. The second-order valence-corrected chi connectivity index (χ2v) is 4.80. The second kappa shape index (κ2) is 4.59. The summed E-state index contributed by atoms with van der Waals surface area (Å²) in [5, 5.41) is 0. The van der Waals surface area contributed by atoms with Crippen molar-refractivity contribution in [2.75, 3.05) is 5.73 Å². The number of aryl methyl sites for hydroxylation is 1. The molecule has 3 rings (SSSR count). The molecule has 2 aromatic carbocycles. The van der Waals surface area contributed by atoms with Crippen LogP contribution in [0.15, 0.2) is 41.2 Å². The van der Waals surface area contributed by atoms with E-state index in [2.05, 4.69) is 4.98 Å². The van der Waals surface area contributed by atoms with Crippen LogP contribution in [0.1, 0.15) is 15.9 Å². The Balaban J connectivity index is 2.22. The van der Waals surface area contributed by atoms with Gasteiger partial charge in [0, 0.05) is 11.3 Å². The summed E-state index contributed by atoms with van der Waals surface area (Å²) in [7, 11) is 0. The highest BCUT2D eigenvalue weighted by Gasteiger charge is 2.16. The lowest BCUT2D eigenvalue weighted by Crippen LogP contribution is -2.24. The number of hydrogen-bond acceptors (Lipinski definition) is 3. The zero-order chi connectivity index (χ0) is 15.1. The smallest absolute Gasteiger partial charge is 0.333 e. The van der Waals surface area contributed by atoms with Crippen molar-refractivity contribution in [1.82, 2.24) is 9.55 Å². The quantitative estimate of drug-likeness (QED) is 0.671. The van der Waals surface area contributed by atoms with Gasteiger partial charge in [-0.3, -0.25) is 4.79 Å². The van der Waals surface area contributed by atoms with Gasteiger partial charge in [0.2, 0.25) is 0 Å². The van der Waals surface area contributed by atoms with Gasteiger partial charge in [-0.1, -0.05) is 0 Å². The summed E-state index contributed by atoms with van der Waals surface area (Å²) >= 11 is 0. The molecule has 0 radical (unpaired) electrons. The minimum atomic E-state index is -0.552. The summed E-state index contributed by atoms with van der Waals surface area (Å²) in [6.45, 7) is 1.79. The summed E-state index contributed by atoms with van der Waals surface area (Å²) < 4.78 is 13.9. The van der Waals surface area contributed by atoms with Crippen molar-refractivity contribution in [1.29, 1.82) is 0 Å². The molecule has 0 saturated carbocycles. The molecule has 0 saturated heterocycles. The zero-order valence-corrected chi connectivity index (χ0v) is 11.2. The maximum absolute atomic E-state index is 12.9. The summed E-state index contributed by atoms with van der Waals surface area (Å²) in [4.78, 5) is 27.0. The van der Waals surface area contributed by atoms with E-state index in [9.17, 15) is 14.0 Å². The van der Waals surface area contributed by atoms with Crippen molar-refractivity contribution < 1.29 is 9.18 Å².